The lowest BCUT2D eigenvalue weighted by atomic mass is 10.2. The summed E-state index contributed by atoms with van der Waals surface area (Å²) in [6, 6.07) is 0. The first-order chi connectivity index (χ1) is 15.5. The van der Waals surface area contributed by atoms with E-state index < -0.39 is 0 Å². The molecule has 0 aromatic heterocycles. The lowest BCUT2D eigenvalue weighted by Gasteiger charge is -2.09. The first kappa shape index (κ1) is 33.1. The molecule has 0 rings (SSSR count). The van der Waals surface area contributed by atoms with Crippen LogP contribution in [-0.4, -0.2) is 97.5 Å². The summed E-state index contributed by atoms with van der Waals surface area (Å²) < 4.78 is 32.0. The Morgan fingerprint density at radius 3 is 1.31 bits per heavy atom. The maximum atomic E-state index is 11.3. The van der Waals surface area contributed by atoms with Gasteiger partial charge in [0.05, 0.1) is 72.7 Å². The molecular formula is C23H47NO8. The van der Waals surface area contributed by atoms with Crippen molar-refractivity contribution in [2.24, 2.45) is 5.92 Å². The van der Waals surface area contributed by atoms with Crippen molar-refractivity contribution < 1.29 is 38.0 Å². The molecule has 1 N–H and O–H groups in total. The third-order valence-corrected chi connectivity index (χ3v) is 3.59. The fraction of sp³-hybridized carbons (Fsp3) is 0.913. The van der Waals surface area contributed by atoms with E-state index in [4.69, 9.17) is 28.4 Å². The highest BCUT2D eigenvalue weighted by molar-refractivity contribution is 5.79. The van der Waals surface area contributed by atoms with Crippen LogP contribution in [0.3, 0.4) is 0 Å². The third kappa shape index (κ3) is 28.9. The second-order valence-corrected chi connectivity index (χ2v) is 7.16. The van der Waals surface area contributed by atoms with Gasteiger partial charge in [0.25, 0.3) is 0 Å². The Balaban J connectivity index is 0. The molecule has 0 spiro atoms. The second kappa shape index (κ2) is 27.9. The van der Waals surface area contributed by atoms with E-state index in [0.717, 1.165) is 0 Å². The van der Waals surface area contributed by atoms with Crippen molar-refractivity contribution in [3.05, 3.63) is 0 Å². The number of nitrogens with one attached hydrogen (secondary N) is 1. The average Bonchev–Trinajstić information content (AvgIpc) is 2.77. The molecule has 0 aliphatic rings. The Labute approximate surface area is 194 Å². The van der Waals surface area contributed by atoms with Crippen molar-refractivity contribution in [2.75, 3.05) is 85.8 Å². The highest BCUT2D eigenvalue weighted by atomic mass is 16.6. The molecule has 0 saturated carbocycles. The zero-order chi connectivity index (χ0) is 24.3. The maximum Gasteiger partial charge on any atom is 0.222 e. The molecule has 0 fully saturated rings. The predicted octanol–water partition coefficient (Wildman–Crippen LogP) is 2.25. The van der Waals surface area contributed by atoms with Crippen molar-refractivity contribution >= 4 is 11.7 Å². The van der Waals surface area contributed by atoms with Gasteiger partial charge in [-0.3, -0.25) is 9.59 Å². The molecule has 0 atom stereocenters. The van der Waals surface area contributed by atoms with E-state index >= 15 is 0 Å². The fourth-order valence-corrected chi connectivity index (χ4v) is 1.84. The van der Waals surface area contributed by atoms with Crippen molar-refractivity contribution in [3.8, 4) is 0 Å². The smallest absolute Gasteiger partial charge is 0.222 e. The van der Waals surface area contributed by atoms with Crippen LogP contribution in [0.25, 0.3) is 0 Å². The van der Waals surface area contributed by atoms with Crippen LogP contribution in [0.4, 0.5) is 0 Å². The number of hydrogen-bond acceptors (Lipinski definition) is 8. The highest BCUT2D eigenvalue weighted by Gasteiger charge is 2.04. The lowest BCUT2D eigenvalue weighted by molar-refractivity contribution is -0.124. The van der Waals surface area contributed by atoms with Gasteiger partial charge in [-0.1, -0.05) is 41.0 Å². The molecule has 9 nitrogen and oxygen atoms in total. The van der Waals surface area contributed by atoms with Crippen LogP contribution < -0.4 is 5.32 Å². The second-order valence-electron chi connectivity index (χ2n) is 7.16. The van der Waals surface area contributed by atoms with Gasteiger partial charge in [0.15, 0.2) is 5.78 Å². The van der Waals surface area contributed by atoms with Crippen molar-refractivity contribution in [3.63, 3.8) is 0 Å². The summed E-state index contributed by atoms with van der Waals surface area (Å²) >= 11 is 0. The molecule has 192 valence electrons. The Morgan fingerprint density at radius 1 is 0.625 bits per heavy atom. The topological polar surface area (TPSA) is 102 Å². The predicted molar refractivity (Wildman–Crippen MR) is 124 cm³/mol. The highest BCUT2D eigenvalue weighted by Crippen LogP contribution is 1.90. The summed E-state index contributed by atoms with van der Waals surface area (Å²) in [5.74, 6) is 0.117. The van der Waals surface area contributed by atoms with E-state index in [-0.39, 0.29) is 24.2 Å². The third-order valence-electron chi connectivity index (χ3n) is 3.59. The van der Waals surface area contributed by atoms with Crippen LogP contribution in [-0.2, 0) is 38.0 Å². The Hall–Kier alpha value is -1.10. The molecule has 0 aromatic rings. The van der Waals surface area contributed by atoms with Crippen molar-refractivity contribution in [2.45, 2.75) is 47.5 Å². The van der Waals surface area contributed by atoms with Crippen LogP contribution in [0.2, 0.25) is 0 Å². The standard InChI is InChI=1S/C20H39NO8.C3H8/c1-4-19(22)17-29-16-15-28-14-13-27-12-11-26-10-9-25-8-7-24-6-5-21-20(23)18(2)3;1-3-2/h18H,4-17H2,1-3H3,(H,21,23);3H2,1-2H3. The van der Waals surface area contributed by atoms with Gasteiger partial charge < -0.3 is 33.7 Å². The Kier molecular flexibility index (Phi) is 28.9. The summed E-state index contributed by atoms with van der Waals surface area (Å²) in [6.45, 7) is 15.7. The molecule has 0 bridgehead atoms. The van der Waals surface area contributed by atoms with Gasteiger partial charge in [0, 0.05) is 18.9 Å². The van der Waals surface area contributed by atoms with E-state index in [1.54, 1.807) is 0 Å². The van der Waals surface area contributed by atoms with Crippen LogP contribution >= 0.6 is 0 Å². The van der Waals surface area contributed by atoms with Gasteiger partial charge in [-0.2, -0.15) is 0 Å². The molecule has 32 heavy (non-hydrogen) atoms. The number of Topliss-reactive ketones (excluding diaryl/α,β-unsaturated/α-hetero) is 1. The summed E-state index contributed by atoms with van der Waals surface area (Å²) in [5, 5.41) is 2.78. The first-order valence-corrected chi connectivity index (χ1v) is 11.7. The van der Waals surface area contributed by atoms with Gasteiger partial charge in [-0.15, -0.1) is 0 Å². The van der Waals surface area contributed by atoms with Crippen molar-refractivity contribution in [1.29, 1.82) is 0 Å². The van der Waals surface area contributed by atoms with E-state index in [0.29, 0.717) is 85.6 Å². The minimum atomic E-state index is -0.00805. The zero-order valence-corrected chi connectivity index (χ0v) is 20.9. The summed E-state index contributed by atoms with van der Waals surface area (Å²) in [5.41, 5.74) is 0. The van der Waals surface area contributed by atoms with E-state index in [1.165, 1.54) is 6.42 Å². The lowest BCUT2D eigenvalue weighted by Crippen LogP contribution is -2.31. The summed E-state index contributed by atoms with van der Waals surface area (Å²) in [7, 11) is 0. The van der Waals surface area contributed by atoms with Crippen LogP contribution in [0.1, 0.15) is 47.5 Å². The minimum Gasteiger partial charge on any atom is -0.377 e. The number of ether oxygens (including phenoxy) is 6. The Morgan fingerprint density at radius 2 is 0.969 bits per heavy atom. The molecule has 1 amide bonds. The van der Waals surface area contributed by atoms with Crippen molar-refractivity contribution in [1.82, 2.24) is 5.32 Å². The van der Waals surface area contributed by atoms with E-state index in [1.807, 2.05) is 20.8 Å². The number of carbonyl (C=O) groups is 2. The monoisotopic (exact) mass is 465 g/mol. The van der Waals surface area contributed by atoms with Gasteiger partial charge in [-0.05, 0) is 0 Å². The van der Waals surface area contributed by atoms with E-state index in [9.17, 15) is 9.59 Å². The molecular weight excluding hydrogens is 418 g/mol. The number of ketones is 1. The minimum absolute atomic E-state index is 0.00805. The number of amides is 1. The molecule has 9 heteroatoms. The summed E-state index contributed by atoms with van der Waals surface area (Å²) in [6.07, 6.45) is 1.75. The fourth-order valence-electron chi connectivity index (χ4n) is 1.84. The number of hydrogen-bond donors (Lipinski definition) is 1. The van der Waals surface area contributed by atoms with Gasteiger partial charge in [0.1, 0.15) is 6.61 Å². The molecule has 0 unspecified atom stereocenters. The quantitative estimate of drug-likeness (QED) is 0.243. The molecule has 0 aliphatic heterocycles. The number of rotatable bonds is 22. The normalized spacial score (nSPS) is 10.7. The van der Waals surface area contributed by atoms with Gasteiger partial charge >= 0.3 is 0 Å². The van der Waals surface area contributed by atoms with Gasteiger partial charge in [-0.25, -0.2) is 0 Å². The molecule has 0 aliphatic carbocycles. The molecule has 0 heterocycles. The molecule has 0 radical (unpaired) electrons. The Bertz CT molecular complexity index is 407. The zero-order valence-electron chi connectivity index (χ0n) is 20.9. The van der Waals surface area contributed by atoms with Crippen LogP contribution in [0.15, 0.2) is 0 Å². The summed E-state index contributed by atoms with van der Waals surface area (Å²) in [4.78, 5) is 22.3. The largest absolute Gasteiger partial charge is 0.377 e. The van der Waals surface area contributed by atoms with E-state index in [2.05, 4.69) is 19.2 Å². The van der Waals surface area contributed by atoms with Crippen LogP contribution in [0.5, 0.6) is 0 Å². The molecule has 0 aromatic carbocycles. The SMILES string of the molecule is CCC.CCC(=O)COCCOCCOCCOCCOCCOCCNC(=O)C(C)C. The average molecular weight is 466 g/mol. The molecule has 0 saturated heterocycles. The van der Waals surface area contributed by atoms with Crippen LogP contribution in [0, 0.1) is 5.92 Å². The first-order valence-electron chi connectivity index (χ1n) is 11.7. The number of carbonyl (C=O) groups excluding carboxylic acids is 2. The maximum absolute atomic E-state index is 11.3. The van der Waals surface area contributed by atoms with Gasteiger partial charge in [0.2, 0.25) is 5.91 Å².